The van der Waals surface area contributed by atoms with E-state index in [0.717, 1.165) is 5.56 Å². The first-order valence-corrected chi connectivity index (χ1v) is 7.97. The predicted octanol–water partition coefficient (Wildman–Crippen LogP) is 4.28. The molecule has 0 aromatic heterocycles. The zero-order chi connectivity index (χ0) is 16.8. The lowest BCUT2D eigenvalue weighted by atomic mass is 9.98. The van der Waals surface area contributed by atoms with Gasteiger partial charge in [0, 0.05) is 6.54 Å². The van der Waals surface area contributed by atoms with Gasteiger partial charge in [0.15, 0.2) is 11.5 Å². The third-order valence-electron chi connectivity index (χ3n) is 4.02. The number of ether oxygens (including phenoxy) is 1. The van der Waals surface area contributed by atoms with E-state index in [-0.39, 0.29) is 11.8 Å². The molecule has 3 heteroatoms. The van der Waals surface area contributed by atoms with Crippen molar-refractivity contribution in [2.45, 2.75) is 12.6 Å². The fourth-order valence-electron chi connectivity index (χ4n) is 2.77. The van der Waals surface area contributed by atoms with E-state index >= 15 is 0 Å². The first-order valence-electron chi connectivity index (χ1n) is 7.97. The van der Waals surface area contributed by atoms with Crippen LogP contribution in [0.4, 0.5) is 0 Å². The molecule has 0 radical (unpaired) electrons. The van der Waals surface area contributed by atoms with Crippen molar-refractivity contribution < 1.29 is 9.84 Å². The molecular weight excluding hydrogens is 298 g/mol. The fourth-order valence-corrected chi connectivity index (χ4v) is 2.77. The van der Waals surface area contributed by atoms with Gasteiger partial charge in [0.05, 0.1) is 13.2 Å². The predicted molar refractivity (Wildman–Crippen MR) is 96.2 cm³/mol. The minimum atomic E-state index is 0.104. The molecule has 0 aliphatic carbocycles. The lowest BCUT2D eigenvalue weighted by Crippen LogP contribution is -2.22. The second-order valence-electron chi connectivity index (χ2n) is 5.64. The van der Waals surface area contributed by atoms with E-state index in [4.69, 9.17) is 4.74 Å². The summed E-state index contributed by atoms with van der Waals surface area (Å²) >= 11 is 0. The van der Waals surface area contributed by atoms with Crippen molar-refractivity contribution >= 4 is 0 Å². The van der Waals surface area contributed by atoms with Gasteiger partial charge in [-0.15, -0.1) is 0 Å². The zero-order valence-corrected chi connectivity index (χ0v) is 13.6. The maximum Gasteiger partial charge on any atom is 0.160 e. The first kappa shape index (κ1) is 16.1. The normalized spacial score (nSPS) is 10.8. The Balaban J connectivity index is 1.83. The summed E-state index contributed by atoms with van der Waals surface area (Å²) in [5, 5.41) is 13.3. The topological polar surface area (TPSA) is 41.5 Å². The van der Waals surface area contributed by atoms with Crippen LogP contribution in [0, 0.1) is 0 Å². The Morgan fingerprint density at radius 2 is 1.46 bits per heavy atom. The molecule has 0 bridgehead atoms. The lowest BCUT2D eigenvalue weighted by molar-refractivity contribution is 0.372. The maximum absolute atomic E-state index is 9.72. The van der Waals surface area contributed by atoms with Crippen molar-refractivity contribution in [3.05, 3.63) is 95.6 Å². The third kappa shape index (κ3) is 3.76. The number of aromatic hydroxyl groups is 1. The molecule has 122 valence electrons. The molecule has 3 aromatic carbocycles. The molecular formula is C21H21NO2. The molecule has 0 fully saturated rings. The van der Waals surface area contributed by atoms with Crippen LogP contribution in [0.5, 0.6) is 11.5 Å². The van der Waals surface area contributed by atoms with Crippen LogP contribution in [0.3, 0.4) is 0 Å². The van der Waals surface area contributed by atoms with Gasteiger partial charge in [-0.25, -0.2) is 0 Å². The Hall–Kier alpha value is -2.78. The van der Waals surface area contributed by atoms with Gasteiger partial charge in [-0.2, -0.15) is 0 Å². The Labute approximate surface area is 142 Å². The van der Waals surface area contributed by atoms with Crippen LogP contribution in [-0.2, 0) is 6.54 Å². The Morgan fingerprint density at radius 1 is 0.875 bits per heavy atom. The van der Waals surface area contributed by atoms with Crippen LogP contribution in [0.25, 0.3) is 0 Å². The van der Waals surface area contributed by atoms with Crippen molar-refractivity contribution in [3.63, 3.8) is 0 Å². The highest BCUT2D eigenvalue weighted by molar-refractivity contribution is 5.42. The average Bonchev–Trinajstić information content (AvgIpc) is 2.65. The van der Waals surface area contributed by atoms with E-state index in [1.165, 1.54) is 11.1 Å². The quantitative estimate of drug-likeness (QED) is 0.712. The molecule has 0 amide bonds. The summed E-state index contributed by atoms with van der Waals surface area (Å²) in [6.07, 6.45) is 0. The molecule has 0 unspecified atom stereocenters. The molecule has 0 aliphatic rings. The summed E-state index contributed by atoms with van der Waals surface area (Å²) in [6.45, 7) is 0.672. The number of hydrogen-bond acceptors (Lipinski definition) is 3. The number of rotatable bonds is 6. The number of phenolic OH excluding ortho intramolecular Hbond substituents is 1. The molecule has 0 saturated heterocycles. The van der Waals surface area contributed by atoms with Crippen molar-refractivity contribution in [2.75, 3.05) is 7.11 Å². The number of nitrogens with one attached hydrogen (secondary N) is 1. The zero-order valence-electron chi connectivity index (χ0n) is 13.6. The summed E-state index contributed by atoms with van der Waals surface area (Å²) in [5.41, 5.74) is 3.49. The first-order chi connectivity index (χ1) is 11.8. The van der Waals surface area contributed by atoms with Crippen molar-refractivity contribution in [2.24, 2.45) is 0 Å². The van der Waals surface area contributed by atoms with Crippen molar-refractivity contribution in [1.29, 1.82) is 0 Å². The van der Waals surface area contributed by atoms with Crippen molar-refractivity contribution in [1.82, 2.24) is 5.32 Å². The largest absolute Gasteiger partial charge is 0.504 e. The second-order valence-corrected chi connectivity index (χ2v) is 5.64. The Morgan fingerprint density at radius 3 is 2.00 bits per heavy atom. The van der Waals surface area contributed by atoms with Crippen LogP contribution < -0.4 is 10.1 Å². The van der Waals surface area contributed by atoms with Crippen LogP contribution >= 0.6 is 0 Å². The molecule has 0 heterocycles. The van der Waals surface area contributed by atoms with E-state index in [0.29, 0.717) is 12.3 Å². The monoisotopic (exact) mass is 319 g/mol. The van der Waals surface area contributed by atoms with E-state index in [1.54, 1.807) is 13.2 Å². The number of methoxy groups -OCH3 is 1. The molecule has 3 rings (SSSR count). The number of phenols is 1. The Kier molecular flexibility index (Phi) is 5.14. The number of hydrogen-bond donors (Lipinski definition) is 2. The van der Waals surface area contributed by atoms with E-state index in [2.05, 4.69) is 53.8 Å². The van der Waals surface area contributed by atoms with Crippen LogP contribution in [0.15, 0.2) is 78.9 Å². The van der Waals surface area contributed by atoms with Crippen LogP contribution in [-0.4, -0.2) is 12.2 Å². The summed E-state index contributed by atoms with van der Waals surface area (Å²) in [5.74, 6) is 0.647. The standard InChI is InChI=1S/C21H21NO2/c1-24-20-14-16(12-13-19(20)23)15-22-21(17-8-4-2-5-9-17)18-10-6-3-7-11-18/h2-14,21-23H,15H2,1H3. The van der Waals surface area contributed by atoms with E-state index < -0.39 is 0 Å². The van der Waals surface area contributed by atoms with Crippen LogP contribution in [0.2, 0.25) is 0 Å². The van der Waals surface area contributed by atoms with Gasteiger partial charge in [-0.3, -0.25) is 0 Å². The SMILES string of the molecule is COc1cc(CNC(c2ccccc2)c2ccccc2)ccc1O. The van der Waals surface area contributed by atoms with Gasteiger partial charge in [-0.05, 0) is 28.8 Å². The van der Waals surface area contributed by atoms with Crippen molar-refractivity contribution in [3.8, 4) is 11.5 Å². The minimum Gasteiger partial charge on any atom is -0.504 e. The second kappa shape index (κ2) is 7.66. The molecule has 3 aromatic rings. The van der Waals surface area contributed by atoms with Gasteiger partial charge in [0.25, 0.3) is 0 Å². The summed E-state index contributed by atoms with van der Waals surface area (Å²) in [6, 6.07) is 26.3. The summed E-state index contributed by atoms with van der Waals surface area (Å²) in [4.78, 5) is 0. The van der Waals surface area contributed by atoms with Gasteiger partial charge < -0.3 is 15.2 Å². The number of benzene rings is 3. The van der Waals surface area contributed by atoms with E-state index in [1.807, 2.05) is 24.3 Å². The highest BCUT2D eigenvalue weighted by atomic mass is 16.5. The fraction of sp³-hybridized carbons (Fsp3) is 0.143. The molecule has 2 N–H and O–H groups in total. The summed E-state index contributed by atoms with van der Waals surface area (Å²) in [7, 11) is 1.56. The van der Waals surface area contributed by atoms with Gasteiger partial charge >= 0.3 is 0 Å². The average molecular weight is 319 g/mol. The summed E-state index contributed by atoms with van der Waals surface area (Å²) < 4.78 is 5.18. The molecule has 0 aliphatic heterocycles. The highest BCUT2D eigenvalue weighted by Crippen LogP contribution is 2.27. The van der Waals surface area contributed by atoms with Gasteiger partial charge in [0.1, 0.15) is 0 Å². The Bertz CT molecular complexity index is 733. The minimum absolute atomic E-state index is 0.104. The molecule has 3 nitrogen and oxygen atoms in total. The van der Waals surface area contributed by atoms with Gasteiger partial charge in [0.2, 0.25) is 0 Å². The molecule has 0 saturated carbocycles. The third-order valence-corrected chi connectivity index (χ3v) is 4.02. The molecule has 0 spiro atoms. The smallest absolute Gasteiger partial charge is 0.160 e. The highest BCUT2D eigenvalue weighted by Gasteiger charge is 2.13. The molecule has 0 atom stereocenters. The van der Waals surface area contributed by atoms with Crippen LogP contribution in [0.1, 0.15) is 22.7 Å². The lowest BCUT2D eigenvalue weighted by Gasteiger charge is -2.20. The maximum atomic E-state index is 9.72. The molecule has 24 heavy (non-hydrogen) atoms. The van der Waals surface area contributed by atoms with E-state index in [9.17, 15) is 5.11 Å². The van der Waals surface area contributed by atoms with Gasteiger partial charge in [-0.1, -0.05) is 66.7 Å².